The largest absolute Gasteiger partial charge is 0.483 e. The first-order valence-electron chi connectivity index (χ1n) is 10.8. The fraction of sp³-hybridized carbons (Fsp3) is 0.360. The number of nitrogens with one attached hydrogen (secondary N) is 1. The maximum atomic E-state index is 6.44. The Balaban J connectivity index is 1.32. The topological polar surface area (TPSA) is 43.0 Å². The zero-order valence-electron chi connectivity index (χ0n) is 17.1. The number of ether oxygens (including phenoxy) is 3. The van der Waals surface area contributed by atoms with Gasteiger partial charge < -0.3 is 19.5 Å². The number of piperazine rings is 1. The van der Waals surface area contributed by atoms with Gasteiger partial charge in [-0.1, -0.05) is 48.6 Å². The molecule has 0 amide bonds. The van der Waals surface area contributed by atoms with Crippen LogP contribution >= 0.6 is 0 Å². The molecule has 0 saturated carbocycles. The Morgan fingerprint density at radius 1 is 0.867 bits per heavy atom. The molecule has 0 spiro atoms. The van der Waals surface area contributed by atoms with Gasteiger partial charge in [0.25, 0.3) is 0 Å². The average Bonchev–Trinajstić information content (AvgIpc) is 2.82. The molecule has 2 atom stereocenters. The number of nitrogens with zero attached hydrogens (tertiary/aromatic N) is 1. The molecule has 1 N–H and O–H groups in total. The minimum Gasteiger partial charge on any atom is -0.483 e. The van der Waals surface area contributed by atoms with Gasteiger partial charge in [0.15, 0.2) is 0 Å². The van der Waals surface area contributed by atoms with Gasteiger partial charge in [0.05, 0.1) is 6.61 Å². The minimum absolute atomic E-state index is 0.206. The van der Waals surface area contributed by atoms with E-state index in [4.69, 9.17) is 14.2 Å². The third kappa shape index (κ3) is 4.29. The van der Waals surface area contributed by atoms with E-state index in [1.165, 1.54) is 0 Å². The lowest BCUT2D eigenvalue weighted by Crippen LogP contribution is -2.48. The van der Waals surface area contributed by atoms with Crippen molar-refractivity contribution in [3.8, 4) is 11.5 Å². The first kappa shape index (κ1) is 19.4. The Morgan fingerprint density at radius 2 is 1.43 bits per heavy atom. The Hall–Kier alpha value is -2.60. The van der Waals surface area contributed by atoms with Crippen molar-refractivity contribution in [3.63, 3.8) is 0 Å². The van der Waals surface area contributed by atoms with E-state index in [9.17, 15) is 0 Å². The van der Waals surface area contributed by atoms with Gasteiger partial charge in [-0.05, 0) is 24.3 Å². The van der Waals surface area contributed by atoms with Crippen molar-refractivity contribution >= 4 is 12.2 Å². The lowest BCUT2D eigenvalue weighted by atomic mass is 10.00. The molecule has 2 aromatic carbocycles. The van der Waals surface area contributed by atoms with Gasteiger partial charge in [0.2, 0.25) is 0 Å². The van der Waals surface area contributed by atoms with E-state index in [1.807, 2.05) is 36.4 Å². The summed E-state index contributed by atoms with van der Waals surface area (Å²) in [6.07, 6.45) is 7.78. The highest BCUT2D eigenvalue weighted by Crippen LogP contribution is 2.32. The molecule has 5 rings (SSSR count). The predicted molar refractivity (Wildman–Crippen MR) is 119 cm³/mol. The van der Waals surface area contributed by atoms with E-state index in [1.54, 1.807) is 0 Å². The second kappa shape index (κ2) is 9.04. The number of hydrogen-bond acceptors (Lipinski definition) is 5. The molecular formula is C25H28N2O3. The van der Waals surface area contributed by atoms with Crippen LogP contribution in [0, 0.1) is 0 Å². The average molecular weight is 405 g/mol. The molecule has 3 aliphatic rings. The zero-order chi connectivity index (χ0) is 20.2. The number of para-hydroxylation sites is 2. The highest BCUT2D eigenvalue weighted by atomic mass is 16.6. The van der Waals surface area contributed by atoms with E-state index in [-0.39, 0.29) is 18.3 Å². The highest BCUT2D eigenvalue weighted by Gasteiger charge is 2.34. The van der Waals surface area contributed by atoms with Gasteiger partial charge in [0.1, 0.15) is 29.8 Å². The molecule has 1 fully saturated rings. The molecule has 5 nitrogen and oxygen atoms in total. The van der Waals surface area contributed by atoms with E-state index in [0.29, 0.717) is 6.61 Å². The molecule has 1 saturated heterocycles. The van der Waals surface area contributed by atoms with Crippen LogP contribution in [0.4, 0.5) is 0 Å². The molecule has 30 heavy (non-hydrogen) atoms. The zero-order valence-corrected chi connectivity index (χ0v) is 17.1. The number of rotatable bonds is 6. The Morgan fingerprint density at radius 3 is 2.03 bits per heavy atom. The van der Waals surface area contributed by atoms with E-state index < -0.39 is 0 Å². The van der Waals surface area contributed by atoms with Crippen LogP contribution in [0.15, 0.2) is 60.7 Å². The maximum Gasteiger partial charge on any atom is 0.147 e. The molecule has 0 radical (unpaired) electrons. The predicted octanol–water partition coefficient (Wildman–Crippen LogP) is 3.23. The molecular weight excluding hydrogens is 376 g/mol. The third-order valence-electron chi connectivity index (χ3n) is 5.87. The second-order valence-corrected chi connectivity index (χ2v) is 7.89. The first-order valence-corrected chi connectivity index (χ1v) is 10.8. The fourth-order valence-corrected chi connectivity index (χ4v) is 4.20. The molecule has 0 aromatic heterocycles. The van der Waals surface area contributed by atoms with Crippen LogP contribution in [-0.4, -0.2) is 62.5 Å². The summed E-state index contributed by atoms with van der Waals surface area (Å²) in [5.41, 5.74) is 2.19. The van der Waals surface area contributed by atoms with Gasteiger partial charge in [-0.2, -0.15) is 0 Å². The number of fused-ring (bicyclic) bond motifs is 2. The highest BCUT2D eigenvalue weighted by molar-refractivity contribution is 5.61. The van der Waals surface area contributed by atoms with E-state index in [2.05, 4.69) is 46.7 Å². The Kier molecular flexibility index (Phi) is 5.84. The SMILES string of the molecule is C1=CC(C(OCCN2CCNCC2)C2C=Cc3ccccc3O2)Oc2ccccc21. The van der Waals surface area contributed by atoms with Crippen LogP contribution in [0.3, 0.4) is 0 Å². The van der Waals surface area contributed by atoms with Crippen LogP contribution in [0.2, 0.25) is 0 Å². The summed E-state index contributed by atoms with van der Waals surface area (Å²) in [5.74, 6) is 1.78. The van der Waals surface area contributed by atoms with Crippen molar-refractivity contribution in [2.75, 3.05) is 39.3 Å². The maximum absolute atomic E-state index is 6.44. The second-order valence-electron chi connectivity index (χ2n) is 7.89. The summed E-state index contributed by atoms with van der Waals surface area (Å²) < 4.78 is 19.1. The summed E-state index contributed by atoms with van der Waals surface area (Å²) >= 11 is 0. The van der Waals surface area contributed by atoms with Gasteiger partial charge in [-0.25, -0.2) is 0 Å². The van der Waals surface area contributed by atoms with Crippen molar-refractivity contribution in [1.82, 2.24) is 10.2 Å². The van der Waals surface area contributed by atoms with E-state index in [0.717, 1.165) is 55.3 Å². The summed E-state index contributed by atoms with van der Waals surface area (Å²) in [6.45, 7) is 5.77. The molecule has 5 heteroatoms. The van der Waals surface area contributed by atoms with Crippen molar-refractivity contribution in [2.24, 2.45) is 0 Å². The van der Waals surface area contributed by atoms with Crippen LogP contribution in [0.1, 0.15) is 11.1 Å². The normalized spacial score (nSPS) is 23.7. The van der Waals surface area contributed by atoms with Gasteiger partial charge in [-0.3, -0.25) is 4.90 Å². The summed E-state index contributed by atoms with van der Waals surface area (Å²) in [4.78, 5) is 2.44. The monoisotopic (exact) mass is 404 g/mol. The van der Waals surface area contributed by atoms with Crippen molar-refractivity contribution in [1.29, 1.82) is 0 Å². The van der Waals surface area contributed by atoms with Gasteiger partial charge in [-0.15, -0.1) is 0 Å². The molecule has 3 aliphatic heterocycles. The van der Waals surface area contributed by atoms with Crippen molar-refractivity contribution in [3.05, 3.63) is 71.8 Å². The summed E-state index contributed by atoms with van der Waals surface area (Å²) in [6, 6.07) is 16.2. The fourth-order valence-electron chi connectivity index (χ4n) is 4.20. The smallest absolute Gasteiger partial charge is 0.147 e. The lowest BCUT2D eigenvalue weighted by Gasteiger charge is -2.35. The van der Waals surface area contributed by atoms with Gasteiger partial charge in [0, 0.05) is 43.9 Å². The standard InChI is InChI=1S/C25H28N2O3/c1-3-7-21-19(5-1)9-11-23(29-21)25(28-18-17-27-15-13-26-14-16-27)24-12-10-20-6-2-4-8-22(20)30-24/h1-12,23-26H,13-18H2. The molecule has 0 aliphatic carbocycles. The van der Waals surface area contributed by atoms with Crippen molar-refractivity contribution in [2.45, 2.75) is 18.3 Å². The molecule has 2 unspecified atom stereocenters. The van der Waals surface area contributed by atoms with Gasteiger partial charge >= 0.3 is 0 Å². The third-order valence-corrected chi connectivity index (χ3v) is 5.87. The summed E-state index contributed by atoms with van der Waals surface area (Å²) in [7, 11) is 0. The Bertz CT molecular complexity index is 857. The molecule has 3 heterocycles. The first-order chi connectivity index (χ1) is 14.9. The molecule has 2 aromatic rings. The minimum atomic E-state index is -0.234. The summed E-state index contributed by atoms with van der Waals surface area (Å²) in [5, 5.41) is 3.40. The molecule has 156 valence electrons. The van der Waals surface area contributed by atoms with Crippen molar-refractivity contribution < 1.29 is 14.2 Å². The van der Waals surface area contributed by atoms with E-state index >= 15 is 0 Å². The lowest BCUT2D eigenvalue weighted by molar-refractivity contribution is -0.0609. The molecule has 0 bridgehead atoms. The number of hydrogen-bond donors (Lipinski definition) is 1. The number of benzene rings is 2. The van der Waals surface area contributed by atoms with Crippen LogP contribution < -0.4 is 14.8 Å². The van der Waals surface area contributed by atoms with Crippen LogP contribution in [0.5, 0.6) is 11.5 Å². The quantitative estimate of drug-likeness (QED) is 0.801. The van der Waals surface area contributed by atoms with Crippen LogP contribution in [0.25, 0.3) is 12.2 Å². The van der Waals surface area contributed by atoms with Crippen LogP contribution in [-0.2, 0) is 4.74 Å². The Labute approximate surface area is 177 Å².